The summed E-state index contributed by atoms with van der Waals surface area (Å²) in [5.74, 6) is -0.175. The molecule has 0 aliphatic heterocycles. The van der Waals surface area contributed by atoms with E-state index in [9.17, 15) is 13.2 Å². The number of hydrogen-bond acceptors (Lipinski definition) is 5. The predicted molar refractivity (Wildman–Crippen MR) is 131 cm³/mol. The van der Waals surface area contributed by atoms with Gasteiger partial charge in [0.1, 0.15) is 4.83 Å². The van der Waals surface area contributed by atoms with Crippen LogP contribution in [0.4, 0.5) is 0 Å². The Balaban J connectivity index is 1.48. The average molecular weight is 483 g/mol. The standard InChI is InChI=1S/C24H26N4O3S2/c1-16(2)27(4)33(30,31)20-12-10-18(11-13-20)15-25-23(29)22-14-21-17(3)26-28(24(21)32-22)19-8-6-5-7-9-19/h5-14,16H,15H2,1-4H3,(H,25,29). The number of amides is 1. The number of nitrogens with one attached hydrogen (secondary N) is 1. The Labute approximate surface area is 197 Å². The highest BCUT2D eigenvalue weighted by Crippen LogP contribution is 2.30. The van der Waals surface area contributed by atoms with Crippen molar-refractivity contribution in [2.45, 2.75) is 38.3 Å². The van der Waals surface area contributed by atoms with E-state index in [1.54, 1.807) is 31.3 Å². The van der Waals surface area contributed by atoms with Crippen LogP contribution in [0.2, 0.25) is 0 Å². The van der Waals surface area contributed by atoms with Gasteiger partial charge >= 0.3 is 0 Å². The molecule has 0 radical (unpaired) electrons. The Bertz CT molecular complexity index is 1390. The summed E-state index contributed by atoms with van der Waals surface area (Å²) in [7, 11) is -1.96. The third kappa shape index (κ3) is 4.57. The zero-order valence-corrected chi connectivity index (χ0v) is 20.6. The number of fused-ring (bicyclic) bond motifs is 1. The summed E-state index contributed by atoms with van der Waals surface area (Å²) < 4.78 is 28.4. The second-order valence-electron chi connectivity index (χ2n) is 8.10. The fourth-order valence-corrected chi connectivity index (χ4v) is 5.86. The molecule has 2 heterocycles. The van der Waals surface area contributed by atoms with Gasteiger partial charge < -0.3 is 5.32 Å². The van der Waals surface area contributed by atoms with Gasteiger partial charge in [-0.25, -0.2) is 13.1 Å². The van der Waals surface area contributed by atoms with Gasteiger partial charge in [-0.15, -0.1) is 11.3 Å². The molecule has 0 aliphatic carbocycles. The van der Waals surface area contributed by atoms with Crippen molar-refractivity contribution in [1.29, 1.82) is 0 Å². The minimum Gasteiger partial charge on any atom is -0.347 e. The maximum absolute atomic E-state index is 12.8. The molecule has 0 unspecified atom stereocenters. The topological polar surface area (TPSA) is 84.3 Å². The number of para-hydroxylation sites is 1. The van der Waals surface area contributed by atoms with Crippen LogP contribution in [-0.4, -0.2) is 41.5 Å². The second-order valence-corrected chi connectivity index (χ2v) is 11.1. The van der Waals surface area contributed by atoms with Crippen LogP contribution in [0, 0.1) is 6.92 Å². The monoisotopic (exact) mass is 482 g/mol. The minimum atomic E-state index is -3.53. The first kappa shape index (κ1) is 23.2. The molecule has 2 aromatic heterocycles. The number of nitrogens with zero attached hydrogens (tertiary/aromatic N) is 3. The van der Waals surface area contributed by atoms with Gasteiger partial charge in [0.25, 0.3) is 5.91 Å². The van der Waals surface area contributed by atoms with Crippen molar-refractivity contribution >= 4 is 37.5 Å². The number of hydrogen-bond donors (Lipinski definition) is 1. The molecular weight excluding hydrogens is 456 g/mol. The van der Waals surface area contributed by atoms with Crippen LogP contribution in [0.5, 0.6) is 0 Å². The number of carbonyl (C=O) groups is 1. The highest BCUT2D eigenvalue weighted by molar-refractivity contribution is 7.89. The molecule has 0 spiro atoms. The van der Waals surface area contributed by atoms with Crippen molar-refractivity contribution in [3.05, 3.63) is 76.8 Å². The number of carbonyl (C=O) groups excluding carboxylic acids is 1. The maximum Gasteiger partial charge on any atom is 0.261 e. The van der Waals surface area contributed by atoms with E-state index in [1.807, 2.05) is 61.9 Å². The summed E-state index contributed by atoms with van der Waals surface area (Å²) >= 11 is 1.40. The van der Waals surface area contributed by atoms with E-state index in [-0.39, 0.29) is 16.8 Å². The molecule has 0 fully saturated rings. The van der Waals surface area contributed by atoms with E-state index in [0.717, 1.165) is 27.2 Å². The Kier molecular flexibility index (Phi) is 6.38. The summed E-state index contributed by atoms with van der Waals surface area (Å²) in [6, 6.07) is 18.2. The van der Waals surface area contributed by atoms with E-state index in [1.165, 1.54) is 15.6 Å². The molecule has 33 heavy (non-hydrogen) atoms. The summed E-state index contributed by atoms with van der Waals surface area (Å²) in [5, 5.41) is 8.49. The van der Waals surface area contributed by atoms with E-state index in [2.05, 4.69) is 10.4 Å². The highest BCUT2D eigenvalue weighted by Gasteiger charge is 2.23. The average Bonchev–Trinajstić information content (AvgIpc) is 3.38. The van der Waals surface area contributed by atoms with Gasteiger partial charge in [0, 0.05) is 25.0 Å². The first-order chi connectivity index (χ1) is 15.7. The molecule has 2 aromatic carbocycles. The largest absolute Gasteiger partial charge is 0.347 e. The van der Waals surface area contributed by atoms with Crippen LogP contribution in [0.1, 0.15) is 34.8 Å². The van der Waals surface area contributed by atoms with Crippen molar-refractivity contribution in [2.75, 3.05) is 7.05 Å². The Morgan fingerprint density at radius 1 is 1.12 bits per heavy atom. The molecule has 172 valence electrons. The number of sulfonamides is 1. The quantitative estimate of drug-likeness (QED) is 0.424. The van der Waals surface area contributed by atoms with Crippen molar-refractivity contribution in [3.8, 4) is 5.69 Å². The summed E-state index contributed by atoms with van der Waals surface area (Å²) in [6.45, 7) is 5.89. The van der Waals surface area contributed by atoms with Crippen molar-refractivity contribution in [1.82, 2.24) is 19.4 Å². The van der Waals surface area contributed by atoms with Crippen molar-refractivity contribution < 1.29 is 13.2 Å². The fraction of sp³-hybridized carbons (Fsp3) is 0.250. The number of rotatable bonds is 7. The van der Waals surface area contributed by atoms with Gasteiger partial charge in [-0.3, -0.25) is 4.79 Å². The van der Waals surface area contributed by atoms with Gasteiger partial charge in [-0.05, 0) is 56.7 Å². The summed E-state index contributed by atoms with van der Waals surface area (Å²) in [4.78, 5) is 14.6. The third-order valence-corrected chi connectivity index (χ3v) is 8.71. The van der Waals surface area contributed by atoms with Crippen molar-refractivity contribution in [2.24, 2.45) is 0 Å². The van der Waals surface area contributed by atoms with E-state index >= 15 is 0 Å². The van der Waals surface area contributed by atoms with E-state index < -0.39 is 10.0 Å². The molecule has 0 atom stereocenters. The number of benzene rings is 2. The first-order valence-corrected chi connectivity index (χ1v) is 12.8. The summed E-state index contributed by atoms with van der Waals surface area (Å²) in [5.41, 5.74) is 2.64. The van der Waals surface area contributed by atoms with E-state index in [4.69, 9.17) is 0 Å². The molecule has 1 amide bonds. The molecule has 4 rings (SSSR count). The molecule has 4 aromatic rings. The lowest BCUT2D eigenvalue weighted by molar-refractivity contribution is 0.0955. The third-order valence-electron chi connectivity index (χ3n) is 5.55. The Morgan fingerprint density at radius 2 is 1.79 bits per heavy atom. The zero-order chi connectivity index (χ0) is 23.8. The van der Waals surface area contributed by atoms with Crippen LogP contribution in [0.25, 0.3) is 15.9 Å². The number of thiophene rings is 1. The van der Waals surface area contributed by atoms with Crippen LogP contribution in [0.15, 0.2) is 65.6 Å². The van der Waals surface area contributed by atoms with Crippen molar-refractivity contribution in [3.63, 3.8) is 0 Å². The Hall–Kier alpha value is -3.01. The molecule has 0 bridgehead atoms. The van der Waals surface area contributed by atoms with Crippen LogP contribution in [0.3, 0.4) is 0 Å². The number of aromatic nitrogens is 2. The van der Waals surface area contributed by atoms with Gasteiger partial charge in [-0.2, -0.15) is 9.40 Å². The highest BCUT2D eigenvalue weighted by atomic mass is 32.2. The molecule has 0 aliphatic rings. The first-order valence-electron chi connectivity index (χ1n) is 10.6. The lowest BCUT2D eigenvalue weighted by Crippen LogP contribution is -2.33. The lowest BCUT2D eigenvalue weighted by Gasteiger charge is -2.21. The fourth-order valence-electron chi connectivity index (χ4n) is 3.40. The zero-order valence-electron chi connectivity index (χ0n) is 18.9. The van der Waals surface area contributed by atoms with Crippen LogP contribution >= 0.6 is 11.3 Å². The number of aryl methyl sites for hydroxylation is 1. The normalized spacial score (nSPS) is 12.1. The van der Waals surface area contributed by atoms with Crippen LogP contribution in [-0.2, 0) is 16.6 Å². The predicted octanol–water partition coefficient (Wildman–Crippen LogP) is 4.35. The van der Waals surface area contributed by atoms with Gasteiger partial charge in [0.2, 0.25) is 10.0 Å². The minimum absolute atomic E-state index is 0.132. The molecular formula is C24H26N4O3S2. The maximum atomic E-state index is 12.8. The van der Waals surface area contributed by atoms with Gasteiger partial charge in [-0.1, -0.05) is 30.3 Å². The molecule has 9 heteroatoms. The molecule has 7 nitrogen and oxygen atoms in total. The lowest BCUT2D eigenvalue weighted by atomic mass is 10.2. The van der Waals surface area contributed by atoms with Gasteiger partial charge in [0.05, 0.1) is 21.2 Å². The summed E-state index contributed by atoms with van der Waals surface area (Å²) in [6.07, 6.45) is 0. The molecule has 0 saturated carbocycles. The molecule has 1 N–H and O–H groups in total. The smallest absolute Gasteiger partial charge is 0.261 e. The van der Waals surface area contributed by atoms with Crippen LogP contribution < -0.4 is 5.32 Å². The second kappa shape index (κ2) is 9.09. The Morgan fingerprint density at radius 3 is 2.42 bits per heavy atom. The SMILES string of the molecule is Cc1nn(-c2ccccc2)c2sc(C(=O)NCc3ccc(S(=O)(=O)N(C)C(C)C)cc3)cc12. The van der Waals surface area contributed by atoms with E-state index in [0.29, 0.717) is 11.4 Å². The molecule has 0 saturated heterocycles. The van der Waals surface area contributed by atoms with Gasteiger partial charge in [0.15, 0.2) is 0 Å².